The zero-order chi connectivity index (χ0) is 15.1. The summed E-state index contributed by atoms with van der Waals surface area (Å²) >= 11 is 17.7. The maximum absolute atomic E-state index is 14.1. The van der Waals surface area contributed by atoms with Crippen LogP contribution in [0.1, 0.15) is 5.82 Å². The monoisotopic (exact) mass is 346 g/mol. The maximum Gasteiger partial charge on any atom is 0.148 e. The first-order chi connectivity index (χ1) is 10.0. The van der Waals surface area contributed by atoms with Crippen LogP contribution in [0.25, 0.3) is 16.7 Å². The summed E-state index contributed by atoms with van der Waals surface area (Å²) in [6, 6.07) is 6.84. The first-order valence-electron chi connectivity index (χ1n) is 5.89. The van der Waals surface area contributed by atoms with Gasteiger partial charge in [0.2, 0.25) is 0 Å². The van der Waals surface area contributed by atoms with Gasteiger partial charge in [0.05, 0.1) is 27.0 Å². The number of para-hydroxylation sites is 1. The Morgan fingerprint density at radius 1 is 1.05 bits per heavy atom. The maximum atomic E-state index is 14.1. The number of imidazole rings is 1. The Bertz CT molecular complexity index is 826. The molecule has 0 aliphatic carbocycles. The van der Waals surface area contributed by atoms with Crippen molar-refractivity contribution in [2.24, 2.45) is 0 Å². The Hall–Kier alpha value is -1.36. The van der Waals surface area contributed by atoms with Crippen LogP contribution >= 0.6 is 34.8 Å². The van der Waals surface area contributed by atoms with Gasteiger partial charge in [0, 0.05) is 6.07 Å². The van der Waals surface area contributed by atoms with Gasteiger partial charge in [-0.05, 0) is 18.2 Å². The Kier molecular flexibility index (Phi) is 3.78. The fourth-order valence-electron chi connectivity index (χ4n) is 2.16. The van der Waals surface area contributed by atoms with Crippen molar-refractivity contribution in [2.45, 2.75) is 5.88 Å². The minimum Gasteiger partial charge on any atom is -0.291 e. The van der Waals surface area contributed by atoms with Gasteiger partial charge in [0.15, 0.2) is 0 Å². The fourth-order valence-corrected chi connectivity index (χ4v) is 2.75. The van der Waals surface area contributed by atoms with Crippen molar-refractivity contribution in [3.05, 3.63) is 57.8 Å². The normalized spacial score (nSPS) is 11.3. The van der Waals surface area contributed by atoms with Gasteiger partial charge in [0.1, 0.15) is 23.1 Å². The average Bonchev–Trinajstić information content (AvgIpc) is 2.77. The predicted molar refractivity (Wildman–Crippen MR) is 80.6 cm³/mol. The third-order valence-corrected chi connectivity index (χ3v) is 3.88. The zero-order valence-corrected chi connectivity index (χ0v) is 12.6. The van der Waals surface area contributed by atoms with Crippen molar-refractivity contribution in [1.29, 1.82) is 0 Å². The molecule has 3 aromatic rings. The summed E-state index contributed by atoms with van der Waals surface area (Å²) in [5.74, 6) is -0.818. The summed E-state index contributed by atoms with van der Waals surface area (Å²) in [6.07, 6.45) is 0. The highest BCUT2D eigenvalue weighted by atomic mass is 35.5. The van der Waals surface area contributed by atoms with E-state index in [0.717, 1.165) is 0 Å². The van der Waals surface area contributed by atoms with Gasteiger partial charge in [-0.2, -0.15) is 0 Å². The van der Waals surface area contributed by atoms with Crippen molar-refractivity contribution in [3.63, 3.8) is 0 Å². The number of benzene rings is 2. The standard InChI is InChI=1S/C14H7Cl3F2N2/c15-6-13-20-11-4-8(17)10(19)5-12(11)21(13)14-7(16)2-1-3-9(14)18/h1-5H,6H2. The molecular weight excluding hydrogens is 341 g/mol. The number of fused-ring (bicyclic) bond motifs is 1. The molecule has 7 heteroatoms. The number of hydrogen-bond donors (Lipinski definition) is 0. The Morgan fingerprint density at radius 2 is 1.81 bits per heavy atom. The van der Waals surface area contributed by atoms with E-state index in [4.69, 9.17) is 34.8 Å². The summed E-state index contributed by atoms with van der Waals surface area (Å²) in [6.45, 7) is 0. The molecular formula is C14H7Cl3F2N2. The third-order valence-electron chi connectivity index (χ3n) is 3.05. The summed E-state index contributed by atoms with van der Waals surface area (Å²) in [7, 11) is 0. The molecule has 21 heavy (non-hydrogen) atoms. The van der Waals surface area contributed by atoms with E-state index < -0.39 is 11.6 Å². The first kappa shape index (κ1) is 14.6. The van der Waals surface area contributed by atoms with Crippen LogP contribution in [0, 0.1) is 11.6 Å². The summed E-state index contributed by atoms with van der Waals surface area (Å²) in [4.78, 5) is 4.25. The Morgan fingerprint density at radius 3 is 2.48 bits per heavy atom. The molecule has 2 nitrogen and oxygen atoms in total. The highest BCUT2D eigenvalue weighted by molar-refractivity contribution is 6.32. The number of rotatable bonds is 2. The van der Waals surface area contributed by atoms with E-state index in [1.54, 1.807) is 0 Å². The second-order valence-corrected chi connectivity index (χ2v) is 5.40. The van der Waals surface area contributed by atoms with Crippen LogP contribution in [0.2, 0.25) is 10.0 Å². The molecule has 0 atom stereocenters. The lowest BCUT2D eigenvalue weighted by molar-refractivity contribution is 0.616. The molecule has 0 spiro atoms. The van der Waals surface area contributed by atoms with Gasteiger partial charge in [-0.25, -0.2) is 13.8 Å². The Labute approximate surface area is 133 Å². The van der Waals surface area contributed by atoms with Gasteiger partial charge in [-0.15, -0.1) is 11.6 Å². The number of halogens is 5. The molecule has 0 radical (unpaired) electrons. The number of nitrogens with zero attached hydrogens (tertiary/aromatic N) is 2. The quantitative estimate of drug-likeness (QED) is 0.571. The highest BCUT2D eigenvalue weighted by Gasteiger charge is 2.19. The molecule has 0 N–H and O–H groups in total. The van der Waals surface area contributed by atoms with E-state index in [0.29, 0.717) is 16.9 Å². The molecule has 0 fully saturated rings. The lowest BCUT2D eigenvalue weighted by atomic mass is 10.2. The third kappa shape index (κ3) is 2.37. The number of hydrogen-bond acceptors (Lipinski definition) is 1. The van der Waals surface area contributed by atoms with Gasteiger partial charge in [0.25, 0.3) is 0 Å². The molecule has 1 heterocycles. The molecule has 1 aromatic heterocycles. The molecule has 0 bridgehead atoms. The van der Waals surface area contributed by atoms with E-state index >= 15 is 0 Å². The van der Waals surface area contributed by atoms with Gasteiger partial charge in [-0.1, -0.05) is 29.3 Å². The second kappa shape index (κ2) is 5.44. The van der Waals surface area contributed by atoms with E-state index in [2.05, 4.69) is 4.98 Å². The molecule has 0 saturated heterocycles. The summed E-state index contributed by atoms with van der Waals surface area (Å²) in [5.41, 5.74) is 0.843. The van der Waals surface area contributed by atoms with Gasteiger partial charge >= 0.3 is 0 Å². The summed E-state index contributed by atoms with van der Waals surface area (Å²) in [5, 5.41) is 0.115. The number of alkyl halides is 1. The topological polar surface area (TPSA) is 17.8 Å². The van der Waals surface area contributed by atoms with Crippen molar-refractivity contribution in [3.8, 4) is 5.69 Å². The lowest BCUT2D eigenvalue weighted by Crippen LogP contribution is -2.03. The highest BCUT2D eigenvalue weighted by Crippen LogP contribution is 2.31. The minimum absolute atomic E-state index is 0.0125. The van der Waals surface area contributed by atoms with E-state index in [9.17, 15) is 8.78 Å². The van der Waals surface area contributed by atoms with Crippen molar-refractivity contribution in [2.75, 3.05) is 0 Å². The van der Waals surface area contributed by atoms with Crippen LogP contribution in [0.5, 0.6) is 0 Å². The van der Waals surface area contributed by atoms with Crippen LogP contribution in [0.4, 0.5) is 8.78 Å². The van der Waals surface area contributed by atoms with Crippen LogP contribution in [-0.4, -0.2) is 9.55 Å². The SMILES string of the molecule is Fc1cc2c(cc1Cl)nc(CCl)n2-c1c(F)cccc1Cl. The zero-order valence-electron chi connectivity index (χ0n) is 10.4. The van der Waals surface area contributed by atoms with E-state index in [1.165, 1.54) is 34.9 Å². The van der Waals surface area contributed by atoms with E-state index in [1.807, 2.05) is 0 Å². The molecule has 2 aromatic carbocycles. The molecule has 0 saturated carbocycles. The van der Waals surface area contributed by atoms with Crippen LogP contribution in [0.15, 0.2) is 30.3 Å². The van der Waals surface area contributed by atoms with Crippen molar-refractivity contribution >= 4 is 45.8 Å². The minimum atomic E-state index is -0.626. The molecule has 0 amide bonds. The molecule has 0 aliphatic rings. The number of aromatic nitrogens is 2. The Balaban J connectivity index is 2.43. The van der Waals surface area contributed by atoms with Gasteiger partial charge in [-0.3, -0.25) is 4.57 Å². The first-order valence-corrected chi connectivity index (χ1v) is 7.18. The summed E-state index contributed by atoms with van der Waals surface area (Å²) < 4.78 is 29.3. The molecule has 0 unspecified atom stereocenters. The van der Waals surface area contributed by atoms with E-state index in [-0.39, 0.29) is 21.6 Å². The second-order valence-electron chi connectivity index (χ2n) is 4.32. The van der Waals surface area contributed by atoms with Crippen molar-refractivity contribution in [1.82, 2.24) is 9.55 Å². The predicted octanol–water partition coefficient (Wildman–Crippen LogP) is 5.35. The molecule has 3 rings (SSSR count). The lowest BCUT2D eigenvalue weighted by Gasteiger charge is -2.11. The van der Waals surface area contributed by atoms with Crippen LogP contribution in [0.3, 0.4) is 0 Å². The van der Waals surface area contributed by atoms with Gasteiger partial charge < -0.3 is 0 Å². The average molecular weight is 348 g/mol. The van der Waals surface area contributed by atoms with Crippen molar-refractivity contribution < 1.29 is 8.78 Å². The molecule has 0 aliphatic heterocycles. The van der Waals surface area contributed by atoms with Crippen LogP contribution < -0.4 is 0 Å². The fraction of sp³-hybridized carbons (Fsp3) is 0.0714. The molecule has 108 valence electrons. The smallest absolute Gasteiger partial charge is 0.148 e. The largest absolute Gasteiger partial charge is 0.291 e. The van der Waals surface area contributed by atoms with Crippen LogP contribution in [-0.2, 0) is 5.88 Å².